The summed E-state index contributed by atoms with van der Waals surface area (Å²) in [6.45, 7) is 0. The molecule has 0 bridgehead atoms. The minimum Gasteiger partial charge on any atom is -0.508 e. The number of aromatic hydroxyl groups is 1. The Morgan fingerprint density at radius 3 is 2.46 bits per heavy atom. The van der Waals surface area contributed by atoms with Crippen molar-refractivity contribution in [2.45, 2.75) is 0 Å². The number of carbonyl (C=O) groups excluding carboxylic acids is 2. The van der Waals surface area contributed by atoms with Crippen molar-refractivity contribution in [3.05, 3.63) is 65.2 Å². The molecule has 0 aromatic heterocycles. The Morgan fingerprint density at radius 2 is 1.81 bits per heavy atom. The fraction of sp³-hybridized carbons (Fsp3) is 0. The van der Waals surface area contributed by atoms with E-state index in [4.69, 9.17) is 17.3 Å². The van der Waals surface area contributed by atoms with Gasteiger partial charge in [-0.15, -0.1) is 0 Å². The second-order valence-electron chi connectivity index (χ2n) is 5.40. The molecule has 1 aliphatic rings. The molecule has 1 saturated heterocycles. The van der Waals surface area contributed by atoms with E-state index in [2.05, 4.69) is 5.32 Å². The maximum Gasteiger partial charge on any atom is 0.335 e. The normalized spacial score (nSPS) is 15.9. The van der Waals surface area contributed by atoms with E-state index in [1.165, 1.54) is 42.5 Å². The number of hydrogen-bond donors (Lipinski definition) is 3. The fourth-order valence-corrected chi connectivity index (χ4v) is 2.69. The lowest BCUT2D eigenvalue weighted by Gasteiger charge is -2.29. The van der Waals surface area contributed by atoms with E-state index in [9.17, 15) is 19.5 Å². The van der Waals surface area contributed by atoms with Crippen molar-refractivity contribution in [1.82, 2.24) is 5.32 Å². The monoisotopic (exact) mass is 368 g/mol. The van der Waals surface area contributed by atoms with E-state index >= 15 is 0 Å². The molecule has 0 radical (unpaired) electrons. The van der Waals surface area contributed by atoms with Crippen LogP contribution < -0.4 is 10.2 Å². The first kappa shape index (κ1) is 17.3. The predicted molar refractivity (Wildman–Crippen MR) is 97.7 cm³/mol. The number of phenolic OH excluding ortho intramolecular Hbond substituents is 1. The van der Waals surface area contributed by atoms with Crippen LogP contribution >= 0.6 is 12.2 Å². The average Bonchev–Trinajstić information content (AvgIpc) is 2.60. The van der Waals surface area contributed by atoms with Crippen molar-refractivity contribution in [3.63, 3.8) is 0 Å². The summed E-state index contributed by atoms with van der Waals surface area (Å²) < 4.78 is 0. The van der Waals surface area contributed by atoms with Crippen molar-refractivity contribution in [2.75, 3.05) is 4.90 Å². The summed E-state index contributed by atoms with van der Waals surface area (Å²) in [5.74, 6) is -2.42. The summed E-state index contributed by atoms with van der Waals surface area (Å²) >= 11 is 5.07. The van der Waals surface area contributed by atoms with Gasteiger partial charge in [-0.1, -0.05) is 18.2 Å². The van der Waals surface area contributed by atoms with E-state index in [-0.39, 0.29) is 27.7 Å². The first-order valence-electron chi connectivity index (χ1n) is 7.40. The van der Waals surface area contributed by atoms with Crippen LogP contribution in [0.4, 0.5) is 5.69 Å². The summed E-state index contributed by atoms with van der Waals surface area (Å²) in [6.07, 6.45) is 1.37. The van der Waals surface area contributed by atoms with E-state index < -0.39 is 17.8 Å². The van der Waals surface area contributed by atoms with Crippen molar-refractivity contribution >= 4 is 46.9 Å². The molecule has 2 aromatic rings. The molecule has 130 valence electrons. The molecule has 1 aliphatic heterocycles. The standard InChI is InChI=1S/C18H12N2O5S/c21-13-6-4-10(5-7-13)8-14-15(22)19-18(26)20(16(14)23)12-3-1-2-11(9-12)17(24)25/h1-9,21H,(H,24,25)(H,19,22,26). The van der Waals surface area contributed by atoms with Gasteiger partial charge in [0.05, 0.1) is 11.3 Å². The number of amides is 2. The zero-order valence-corrected chi connectivity index (χ0v) is 14.0. The molecule has 1 heterocycles. The Morgan fingerprint density at radius 1 is 1.12 bits per heavy atom. The summed E-state index contributed by atoms with van der Waals surface area (Å²) in [5, 5.41) is 20.7. The Labute approximate surface area is 153 Å². The van der Waals surface area contributed by atoms with E-state index in [0.29, 0.717) is 5.56 Å². The predicted octanol–water partition coefficient (Wildman–Crippen LogP) is 1.92. The van der Waals surface area contributed by atoms with Crippen molar-refractivity contribution < 1.29 is 24.6 Å². The zero-order valence-electron chi connectivity index (χ0n) is 13.2. The van der Waals surface area contributed by atoms with Gasteiger partial charge in [0.1, 0.15) is 11.3 Å². The molecule has 8 heteroatoms. The maximum absolute atomic E-state index is 12.8. The summed E-state index contributed by atoms with van der Waals surface area (Å²) in [4.78, 5) is 37.2. The van der Waals surface area contributed by atoms with Crippen molar-refractivity contribution in [3.8, 4) is 5.75 Å². The number of hydrogen-bond acceptors (Lipinski definition) is 5. The Bertz CT molecular complexity index is 966. The lowest BCUT2D eigenvalue weighted by atomic mass is 10.1. The van der Waals surface area contributed by atoms with Gasteiger partial charge in [-0.25, -0.2) is 4.79 Å². The minimum absolute atomic E-state index is 0.0148. The summed E-state index contributed by atoms with van der Waals surface area (Å²) in [7, 11) is 0. The summed E-state index contributed by atoms with van der Waals surface area (Å²) in [5.41, 5.74) is 0.592. The number of aromatic carboxylic acids is 1. The van der Waals surface area contributed by atoms with Gasteiger partial charge in [0, 0.05) is 0 Å². The molecule has 3 N–H and O–H groups in total. The number of benzene rings is 2. The van der Waals surface area contributed by atoms with Crippen LogP contribution in [0.3, 0.4) is 0 Å². The molecule has 7 nitrogen and oxygen atoms in total. The first-order chi connectivity index (χ1) is 12.4. The van der Waals surface area contributed by atoms with Crippen LogP contribution in [0.2, 0.25) is 0 Å². The van der Waals surface area contributed by atoms with Crippen LogP contribution in [-0.4, -0.2) is 33.1 Å². The van der Waals surface area contributed by atoms with Gasteiger partial charge >= 0.3 is 5.97 Å². The van der Waals surface area contributed by atoms with Crippen LogP contribution in [-0.2, 0) is 9.59 Å². The van der Waals surface area contributed by atoms with Crippen molar-refractivity contribution in [1.29, 1.82) is 0 Å². The molecular weight excluding hydrogens is 356 g/mol. The second-order valence-corrected chi connectivity index (χ2v) is 5.79. The van der Waals surface area contributed by atoms with E-state index in [0.717, 1.165) is 4.90 Å². The zero-order chi connectivity index (χ0) is 18.8. The van der Waals surface area contributed by atoms with Gasteiger partial charge in [-0.3, -0.25) is 19.8 Å². The Kier molecular flexibility index (Phi) is 4.51. The number of anilines is 1. The quantitative estimate of drug-likeness (QED) is 0.434. The van der Waals surface area contributed by atoms with Crippen LogP contribution in [0.1, 0.15) is 15.9 Å². The van der Waals surface area contributed by atoms with Gasteiger partial charge in [-0.05, 0) is 54.2 Å². The SMILES string of the molecule is O=C1NC(=S)N(c2cccc(C(=O)O)c2)C(=O)C1=Cc1ccc(O)cc1. The van der Waals surface area contributed by atoms with Gasteiger partial charge in [0.2, 0.25) is 0 Å². The number of carbonyl (C=O) groups is 3. The molecule has 2 aromatic carbocycles. The molecule has 1 fully saturated rings. The number of nitrogens with one attached hydrogen (secondary N) is 1. The smallest absolute Gasteiger partial charge is 0.335 e. The molecule has 2 amide bonds. The average molecular weight is 368 g/mol. The number of carboxylic acid groups (broad SMARTS) is 1. The van der Waals surface area contributed by atoms with Crippen LogP contribution in [0.15, 0.2) is 54.1 Å². The summed E-state index contributed by atoms with van der Waals surface area (Å²) in [6, 6.07) is 11.6. The number of nitrogens with zero attached hydrogens (tertiary/aromatic N) is 1. The molecular formula is C18H12N2O5S. The van der Waals surface area contributed by atoms with E-state index in [1.54, 1.807) is 12.1 Å². The van der Waals surface area contributed by atoms with E-state index in [1.807, 2.05) is 0 Å². The van der Waals surface area contributed by atoms with Crippen LogP contribution in [0.25, 0.3) is 6.08 Å². The number of carboxylic acids is 1. The maximum atomic E-state index is 12.8. The fourth-order valence-electron chi connectivity index (χ4n) is 2.41. The number of rotatable bonds is 3. The highest BCUT2D eigenvalue weighted by Crippen LogP contribution is 2.23. The number of thiocarbonyl (C=S) groups is 1. The molecule has 3 rings (SSSR count). The van der Waals surface area contributed by atoms with Gasteiger partial charge in [0.25, 0.3) is 11.8 Å². The third-order valence-corrected chi connectivity index (χ3v) is 3.94. The lowest BCUT2D eigenvalue weighted by molar-refractivity contribution is -0.122. The van der Waals surface area contributed by atoms with Gasteiger partial charge in [0.15, 0.2) is 5.11 Å². The minimum atomic E-state index is -1.15. The van der Waals surface area contributed by atoms with Crippen molar-refractivity contribution in [2.24, 2.45) is 0 Å². The van der Waals surface area contributed by atoms with Crippen LogP contribution in [0, 0.1) is 0 Å². The highest BCUT2D eigenvalue weighted by Gasteiger charge is 2.34. The van der Waals surface area contributed by atoms with Gasteiger partial charge in [-0.2, -0.15) is 0 Å². The largest absolute Gasteiger partial charge is 0.508 e. The first-order valence-corrected chi connectivity index (χ1v) is 7.81. The third-order valence-electron chi connectivity index (χ3n) is 3.66. The Hall–Kier alpha value is -3.52. The Balaban J connectivity index is 2.02. The number of phenols is 1. The molecule has 0 unspecified atom stereocenters. The second kappa shape index (κ2) is 6.77. The molecule has 0 spiro atoms. The van der Waals surface area contributed by atoms with Gasteiger partial charge < -0.3 is 10.2 Å². The molecule has 26 heavy (non-hydrogen) atoms. The lowest BCUT2D eigenvalue weighted by Crippen LogP contribution is -2.54. The highest BCUT2D eigenvalue weighted by atomic mass is 32.1. The molecule has 0 atom stereocenters. The van der Waals surface area contributed by atoms with Crippen LogP contribution in [0.5, 0.6) is 5.75 Å². The third kappa shape index (κ3) is 3.31. The highest BCUT2D eigenvalue weighted by molar-refractivity contribution is 7.80. The molecule has 0 aliphatic carbocycles. The topological polar surface area (TPSA) is 107 Å². The molecule has 0 saturated carbocycles.